The summed E-state index contributed by atoms with van der Waals surface area (Å²) in [6.07, 6.45) is 1.48. The summed E-state index contributed by atoms with van der Waals surface area (Å²) in [6, 6.07) is 21.1. The van der Waals surface area contributed by atoms with Gasteiger partial charge in [-0.15, -0.1) is 0 Å². The van der Waals surface area contributed by atoms with Gasteiger partial charge in [0.15, 0.2) is 5.78 Å². The molecule has 0 saturated carbocycles. The summed E-state index contributed by atoms with van der Waals surface area (Å²) in [5.41, 5.74) is 2.35. The minimum Gasteiger partial charge on any atom is -0.494 e. The summed E-state index contributed by atoms with van der Waals surface area (Å²) in [7, 11) is 0. The zero-order chi connectivity index (χ0) is 23.4. The second kappa shape index (κ2) is 9.53. The van der Waals surface area contributed by atoms with Gasteiger partial charge in [0.1, 0.15) is 12.3 Å². The lowest BCUT2D eigenvalue weighted by molar-refractivity contribution is -0.116. The summed E-state index contributed by atoms with van der Waals surface area (Å²) in [4.78, 5) is 39.0. The van der Waals surface area contributed by atoms with Crippen molar-refractivity contribution < 1.29 is 14.3 Å². The first-order valence-electron chi connectivity index (χ1n) is 10.7. The standard InChI is InChI=1S/C27H24N2O4/c1-3-33-21-14-12-20(13-15-21)28-25(30)17-29-16-23(26(31)19-10-8-18(2)9-11-19)27(32)22-6-4-5-7-24(22)29/h4-16H,3,17H2,1-2H3,(H,28,30). The van der Waals surface area contributed by atoms with E-state index in [0.29, 0.717) is 28.8 Å². The van der Waals surface area contributed by atoms with Crippen molar-refractivity contribution in [3.05, 3.63) is 106 Å². The van der Waals surface area contributed by atoms with Crippen LogP contribution in [0, 0.1) is 6.92 Å². The van der Waals surface area contributed by atoms with Gasteiger partial charge in [0.25, 0.3) is 0 Å². The summed E-state index contributed by atoms with van der Waals surface area (Å²) in [5, 5.41) is 3.24. The lowest BCUT2D eigenvalue weighted by Crippen LogP contribution is -2.24. The van der Waals surface area contributed by atoms with Crippen LogP contribution < -0.4 is 15.5 Å². The lowest BCUT2D eigenvalue weighted by Gasteiger charge is -2.14. The summed E-state index contributed by atoms with van der Waals surface area (Å²) in [5.74, 6) is 0.0780. The maximum Gasteiger partial charge on any atom is 0.244 e. The molecule has 3 aromatic carbocycles. The molecule has 0 aliphatic heterocycles. The molecule has 6 heteroatoms. The molecule has 0 saturated heterocycles. The highest BCUT2D eigenvalue weighted by Gasteiger charge is 2.18. The third kappa shape index (κ3) is 4.85. The highest BCUT2D eigenvalue weighted by Crippen LogP contribution is 2.17. The highest BCUT2D eigenvalue weighted by molar-refractivity contribution is 6.10. The van der Waals surface area contributed by atoms with Crippen molar-refractivity contribution in [3.63, 3.8) is 0 Å². The van der Waals surface area contributed by atoms with E-state index in [4.69, 9.17) is 4.74 Å². The molecule has 0 spiro atoms. The van der Waals surface area contributed by atoms with Gasteiger partial charge in [-0.05, 0) is 50.2 Å². The zero-order valence-corrected chi connectivity index (χ0v) is 18.5. The Morgan fingerprint density at radius 1 is 0.939 bits per heavy atom. The Labute approximate surface area is 191 Å². The zero-order valence-electron chi connectivity index (χ0n) is 18.5. The average molecular weight is 440 g/mol. The van der Waals surface area contributed by atoms with Crippen molar-refractivity contribution in [2.75, 3.05) is 11.9 Å². The monoisotopic (exact) mass is 440 g/mol. The fourth-order valence-corrected chi connectivity index (χ4v) is 3.65. The molecule has 0 bridgehead atoms. The van der Waals surface area contributed by atoms with Gasteiger partial charge in [-0.25, -0.2) is 0 Å². The molecular formula is C27H24N2O4. The molecule has 1 heterocycles. The van der Waals surface area contributed by atoms with Crippen molar-refractivity contribution >= 4 is 28.3 Å². The van der Waals surface area contributed by atoms with Gasteiger partial charge in [0, 0.05) is 22.8 Å². The number of hydrogen-bond donors (Lipinski definition) is 1. The number of anilines is 1. The molecule has 0 radical (unpaired) electrons. The predicted octanol–water partition coefficient (Wildman–Crippen LogP) is 4.58. The van der Waals surface area contributed by atoms with Crippen molar-refractivity contribution in [1.29, 1.82) is 0 Å². The number of pyridine rings is 1. The van der Waals surface area contributed by atoms with Crippen LogP contribution in [0.5, 0.6) is 5.75 Å². The van der Waals surface area contributed by atoms with Crippen LogP contribution in [0.4, 0.5) is 5.69 Å². The van der Waals surface area contributed by atoms with Crippen LogP contribution >= 0.6 is 0 Å². The first kappa shape index (κ1) is 22.0. The molecule has 4 aromatic rings. The molecule has 1 N–H and O–H groups in total. The Balaban J connectivity index is 1.66. The quantitative estimate of drug-likeness (QED) is 0.427. The van der Waals surface area contributed by atoms with Gasteiger partial charge in [0.2, 0.25) is 11.3 Å². The minimum atomic E-state index is -0.369. The molecule has 0 atom stereocenters. The number of amides is 1. The molecule has 4 rings (SSSR count). The van der Waals surface area contributed by atoms with Crippen molar-refractivity contribution in [1.82, 2.24) is 4.57 Å². The number of fused-ring (bicyclic) bond motifs is 1. The molecule has 0 unspecified atom stereocenters. The normalized spacial score (nSPS) is 10.7. The molecule has 0 fully saturated rings. The number of benzene rings is 3. The van der Waals surface area contributed by atoms with E-state index in [2.05, 4.69) is 5.32 Å². The van der Waals surface area contributed by atoms with E-state index in [0.717, 1.165) is 11.3 Å². The summed E-state index contributed by atoms with van der Waals surface area (Å²) >= 11 is 0. The van der Waals surface area contributed by atoms with Crippen LogP contribution in [0.1, 0.15) is 28.4 Å². The molecule has 166 valence electrons. The van der Waals surface area contributed by atoms with E-state index >= 15 is 0 Å². The molecular weight excluding hydrogens is 416 g/mol. The highest BCUT2D eigenvalue weighted by atomic mass is 16.5. The Morgan fingerprint density at radius 2 is 1.64 bits per heavy atom. The minimum absolute atomic E-state index is 0.0337. The Morgan fingerprint density at radius 3 is 2.33 bits per heavy atom. The number of carbonyl (C=O) groups is 2. The average Bonchev–Trinajstić information content (AvgIpc) is 2.82. The first-order chi connectivity index (χ1) is 16.0. The smallest absolute Gasteiger partial charge is 0.244 e. The predicted molar refractivity (Wildman–Crippen MR) is 129 cm³/mol. The topological polar surface area (TPSA) is 77.4 Å². The molecule has 33 heavy (non-hydrogen) atoms. The van der Waals surface area contributed by atoms with E-state index < -0.39 is 0 Å². The number of aryl methyl sites for hydroxylation is 1. The van der Waals surface area contributed by atoms with Gasteiger partial charge in [0.05, 0.1) is 17.7 Å². The van der Waals surface area contributed by atoms with Crippen LogP contribution in [-0.2, 0) is 11.3 Å². The fourth-order valence-electron chi connectivity index (χ4n) is 3.65. The van der Waals surface area contributed by atoms with E-state index in [-0.39, 0.29) is 29.2 Å². The van der Waals surface area contributed by atoms with Gasteiger partial charge in [-0.3, -0.25) is 14.4 Å². The van der Waals surface area contributed by atoms with E-state index in [1.807, 2.05) is 26.0 Å². The van der Waals surface area contributed by atoms with Gasteiger partial charge in [-0.1, -0.05) is 42.0 Å². The molecule has 0 aliphatic rings. The summed E-state index contributed by atoms with van der Waals surface area (Å²) < 4.78 is 7.06. The lowest BCUT2D eigenvalue weighted by atomic mass is 10.0. The number of carbonyl (C=O) groups excluding carboxylic acids is 2. The number of rotatable bonds is 7. The number of aromatic nitrogens is 1. The van der Waals surface area contributed by atoms with E-state index in [9.17, 15) is 14.4 Å². The number of ketones is 1. The van der Waals surface area contributed by atoms with E-state index in [1.54, 1.807) is 65.2 Å². The maximum absolute atomic E-state index is 13.1. The number of para-hydroxylation sites is 1. The Bertz CT molecular complexity index is 1370. The third-order valence-electron chi connectivity index (χ3n) is 5.31. The third-order valence-corrected chi connectivity index (χ3v) is 5.31. The fraction of sp³-hybridized carbons (Fsp3) is 0.148. The van der Waals surface area contributed by atoms with Crippen LogP contribution in [-0.4, -0.2) is 22.9 Å². The van der Waals surface area contributed by atoms with Crippen molar-refractivity contribution in [2.24, 2.45) is 0 Å². The van der Waals surface area contributed by atoms with Crippen molar-refractivity contribution in [2.45, 2.75) is 20.4 Å². The molecule has 1 aromatic heterocycles. The SMILES string of the molecule is CCOc1ccc(NC(=O)Cn2cc(C(=O)c3ccc(C)cc3)c(=O)c3ccccc32)cc1. The van der Waals surface area contributed by atoms with Crippen LogP contribution in [0.25, 0.3) is 10.9 Å². The van der Waals surface area contributed by atoms with Crippen LogP contribution in [0.2, 0.25) is 0 Å². The Kier molecular flexibility index (Phi) is 6.36. The van der Waals surface area contributed by atoms with E-state index in [1.165, 1.54) is 6.20 Å². The molecule has 0 aliphatic carbocycles. The second-order valence-electron chi connectivity index (χ2n) is 7.72. The molecule has 1 amide bonds. The van der Waals surface area contributed by atoms with Gasteiger partial charge >= 0.3 is 0 Å². The largest absolute Gasteiger partial charge is 0.494 e. The van der Waals surface area contributed by atoms with Gasteiger partial charge < -0.3 is 14.6 Å². The van der Waals surface area contributed by atoms with Crippen LogP contribution in [0.15, 0.2) is 83.8 Å². The Hall–Kier alpha value is -4.19. The molecule has 6 nitrogen and oxygen atoms in total. The summed E-state index contributed by atoms with van der Waals surface area (Å²) in [6.45, 7) is 4.35. The van der Waals surface area contributed by atoms with Crippen molar-refractivity contribution in [3.8, 4) is 5.75 Å². The van der Waals surface area contributed by atoms with Crippen LogP contribution in [0.3, 0.4) is 0 Å². The number of hydrogen-bond acceptors (Lipinski definition) is 4. The number of nitrogens with one attached hydrogen (secondary N) is 1. The maximum atomic E-state index is 13.1. The second-order valence-corrected chi connectivity index (χ2v) is 7.72. The van der Waals surface area contributed by atoms with Gasteiger partial charge in [-0.2, -0.15) is 0 Å². The number of nitrogens with zero attached hydrogens (tertiary/aromatic N) is 1. The first-order valence-corrected chi connectivity index (χ1v) is 10.7. The number of ether oxygens (including phenoxy) is 1.